The van der Waals surface area contributed by atoms with Crippen molar-refractivity contribution >= 4 is 6.03 Å². The number of hydrogen-bond acceptors (Lipinski definition) is 2. The average Bonchev–Trinajstić information content (AvgIpc) is 2.49. The van der Waals surface area contributed by atoms with Gasteiger partial charge >= 0.3 is 6.03 Å². The molecular weight excluding hydrogens is 154 g/mol. The van der Waals surface area contributed by atoms with Crippen molar-refractivity contribution in [3.05, 3.63) is 11.9 Å². The number of rotatable bonds is 1. The highest BCUT2D eigenvalue weighted by atomic mass is 16.2. The van der Waals surface area contributed by atoms with Gasteiger partial charge in [0.2, 0.25) is 0 Å². The molecule has 0 aromatic rings. The summed E-state index contributed by atoms with van der Waals surface area (Å²) in [7, 11) is 0. The van der Waals surface area contributed by atoms with Crippen molar-refractivity contribution in [3.63, 3.8) is 0 Å². The van der Waals surface area contributed by atoms with Gasteiger partial charge in [-0.05, 0) is 6.92 Å². The van der Waals surface area contributed by atoms with E-state index in [-0.39, 0.29) is 6.03 Å². The Morgan fingerprint density at radius 2 is 2.50 bits per heavy atom. The normalized spacial score (nSPS) is 22.1. The largest absolute Gasteiger partial charge is 0.358 e. The zero-order valence-corrected chi connectivity index (χ0v) is 7.21. The molecule has 0 unspecified atom stereocenters. The summed E-state index contributed by atoms with van der Waals surface area (Å²) in [6, 6.07) is 0.0449. The topological polar surface area (TPSA) is 35.6 Å². The van der Waals surface area contributed by atoms with Crippen LogP contribution in [0.4, 0.5) is 4.79 Å². The van der Waals surface area contributed by atoms with Crippen LogP contribution in [0, 0.1) is 0 Å². The molecule has 0 radical (unpaired) electrons. The molecule has 0 saturated carbocycles. The van der Waals surface area contributed by atoms with Crippen LogP contribution in [0.5, 0.6) is 0 Å². The van der Waals surface area contributed by atoms with Crippen LogP contribution in [-0.4, -0.2) is 35.6 Å². The molecule has 4 nitrogen and oxygen atoms in total. The molecule has 2 aliphatic heterocycles. The smallest absolute Gasteiger partial charge is 0.323 e. The molecule has 2 heterocycles. The number of amides is 2. The lowest BCUT2D eigenvalue weighted by Crippen LogP contribution is -2.44. The van der Waals surface area contributed by atoms with E-state index in [9.17, 15) is 4.79 Å². The van der Waals surface area contributed by atoms with Gasteiger partial charge in [-0.3, -0.25) is 4.90 Å². The fourth-order valence-corrected chi connectivity index (χ4v) is 1.57. The van der Waals surface area contributed by atoms with Crippen molar-refractivity contribution in [2.45, 2.75) is 13.3 Å². The average molecular weight is 167 g/mol. The Morgan fingerprint density at radius 3 is 3.17 bits per heavy atom. The van der Waals surface area contributed by atoms with E-state index in [0.29, 0.717) is 0 Å². The summed E-state index contributed by atoms with van der Waals surface area (Å²) in [5.74, 6) is 0. The first-order valence-corrected chi connectivity index (χ1v) is 4.31. The second-order valence-corrected chi connectivity index (χ2v) is 3.08. The zero-order valence-electron chi connectivity index (χ0n) is 7.21. The number of fused-ring (bicyclic) bond motifs is 1. The van der Waals surface area contributed by atoms with Crippen molar-refractivity contribution in [2.75, 3.05) is 19.8 Å². The third-order valence-electron chi connectivity index (χ3n) is 2.31. The lowest BCUT2D eigenvalue weighted by atomic mass is 10.3. The van der Waals surface area contributed by atoms with Gasteiger partial charge in [0.25, 0.3) is 0 Å². The Balaban J connectivity index is 2.14. The Kier molecular flexibility index (Phi) is 1.67. The van der Waals surface area contributed by atoms with Crippen LogP contribution in [-0.2, 0) is 0 Å². The quantitative estimate of drug-likeness (QED) is 0.618. The molecular formula is C8H13N3O. The van der Waals surface area contributed by atoms with Gasteiger partial charge in [0.05, 0.1) is 6.67 Å². The molecule has 2 amide bonds. The molecule has 0 aromatic heterocycles. The van der Waals surface area contributed by atoms with Gasteiger partial charge in [0, 0.05) is 31.4 Å². The van der Waals surface area contributed by atoms with Gasteiger partial charge in [0.1, 0.15) is 0 Å². The van der Waals surface area contributed by atoms with Crippen LogP contribution in [0.2, 0.25) is 0 Å². The van der Waals surface area contributed by atoms with E-state index in [4.69, 9.17) is 0 Å². The van der Waals surface area contributed by atoms with Crippen LogP contribution < -0.4 is 5.32 Å². The molecule has 1 N–H and O–H groups in total. The standard InChI is InChI=1S/C8H13N3O/c1-2-10-5-7-3-4-9-8(12)11(7)6-10/h5H,2-4,6H2,1H3,(H,9,12). The summed E-state index contributed by atoms with van der Waals surface area (Å²) in [6.45, 7) is 4.55. The maximum atomic E-state index is 11.3. The van der Waals surface area contributed by atoms with Crippen molar-refractivity contribution in [3.8, 4) is 0 Å². The molecule has 2 aliphatic rings. The first-order valence-electron chi connectivity index (χ1n) is 4.31. The summed E-state index contributed by atoms with van der Waals surface area (Å²) >= 11 is 0. The molecule has 12 heavy (non-hydrogen) atoms. The number of carbonyl (C=O) groups excluding carboxylic acids is 1. The number of nitrogens with zero attached hydrogens (tertiary/aromatic N) is 2. The highest BCUT2D eigenvalue weighted by Crippen LogP contribution is 2.20. The van der Waals surface area contributed by atoms with Crippen molar-refractivity contribution in [2.24, 2.45) is 0 Å². The lowest BCUT2D eigenvalue weighted by Gasteiger charge is -2.25. The molecule has 66 valence electrons. The second kappa shape index (κ2) is 2.69. The summed E-state index contributed by atoms with van der Waals surface area (Å²) < 4.78 is 0. The van der Waals surface area contributed by atoms with E-state index >= 15 is 0 Å². The molecule has 1 fully saturated rings. The lowest BCUT2D eigenvalue weighted by molar-refractivity contribution is 0.192. The molecule has 0 bridgehead atoms. The van der Waals surface area contributed by atoms with Gasteiger partial charge in [-0.1, -0.05) is 0 Å². The highest BCUT2D eigenvalue weighted by molar-refractivity contribution is 5.77. The van der Waals surface area contributed by atoms with E-state index in [1.54, 1.807) is 4.90 Å². The van der Waals surface area contributed by atoms with Crippen molar-refractivity contribution < 1.29 is 4.79 Å². The maximum absolute atomic E-state index is 11.3. The monoisotopic (exact) mass is 167 g/mol. The second-order valence-electron chi connectivity index (χ2n) is 3.08. The van der Waals surface area contributed by atoms with E-state index in [0.717, 1.165) is 31.9 Å². The molecule has 0 atom stereocenters. The van der Waals surface area contributed by atoms with E-state index in [1.807, 2.05) is 0 Å². The summed E-state index contributed by atoms with van der Waals surface area (Å²) in [6.07, 6.45) is 3.04. The molecule has 4 heteroatoms. The van der Waals surface area contributed by atoms with Gasteiger partial charge in [-0.2, -0.15) is 0 Å². The molecule has 1 saturated heterocycles. The van der Waals surface area contributed by atoms with Crippen LogP contribution in [0.25, 0.3) is 0 Å². The minimum Gasteiger partial charge on any atom is -0.358 e. The number of nitrogens with one attached hydrogen (secondary N) is 1. The Labute approximate surface area is 71.8 Å². The van der Waals surface area contributed by atoms with E-state index in [1.165, 1.54) is 0 Å². The first kappa shape index (κ1) is 7.46. The number of urea groups is 1. The van der Waals surface area contributed by atoms with Crippen LogP contribution >= 0.6 is 0 Å². The predicted octanol–water partition coefficient (Wildman–Crippen LogP) is 0.536. The summed E-state index contributed by atoms with van der Waals surface area (Å²) in [5, 5.41) is 2.82. The molecule has 0 spiro atoms. The fraction of sp³-hybridized carbons (Fsp3) is 0.625. The Hall–Kier alpha value is -1.19. The van der Waals surface area contributed by atoms with Crippen molar-refractivity contribution in [1.29, 1.82) is 0 Å². The van der Waals surface area contributed by atoms with Gasteiger partial charge in [0.15, 0.2) is 0 Å². The third kappa shape index (κ3) is 1.03. The predicted molar refractivity (Wildman–Crippen MR) is 45.2 cm³/mol. The third-order valence-corrected chi connectivity index (χ3v) is 2.31. The van der Waals surface area contributed by atoms with Gasteiger partial charge < -0.3 is 10.2 Å². The highest BCUT2D eigenvalue weighted by Gasteiger charge is 2.28. The van der Waals surface area contributed by atoms with Gasteiger partial charge in [-0.25, -0.2) is 4.79 Å². The van der Waals surface area contributed by atoms with Crippen LogP contribution in [0.1, 0.15) is 13.3 Å². The Bertz CT molecular complexity index is 236. The van der Waals surface area contributed by atoms with Crippen molar-refractivity contribution in [1.82, 2.24) is 15.1 Å². The molecule has 0 aliphatic carbocycles. The molecule has 0 aromatic carbocycles. The van der Waals surface area contributed by atoms with Crippen LogP contribution in [0.15, 0.2) is 11.9 Å². The minimum absolute atomic E-state index is 0.0449. The van der Waals surface area contributed by atoms with E-state index in [2.05, 4.69) is 23.3 Å². The first-order chi connectivity index (χ1) is 5.81. The summed E-state index contributed by atoms with van der Waals surface area (Å²) in [5.41, 5.74) is 1.15. The number of carbonyl (C=O) groups is 1. The minimum atomic E-state index is 0.0449. The fourth-order valence-electron chi connectivity index (χ4n) is 1.57. The summed E-state index contributed by atoms with van der Waals surface area (Å²) in [4.78, 5) is 15.2. The molecule has 2 rings (SSSR count). The van der Waals surface area contributed by atoms with E-state index < -0.39 is 0 Å². The van der Waals surface area contributed by atoms with Gasteiger partial charge in [-0.15, -0.1) is 0 Å². The zero-order chi connectivity index (χ0) is 8.55. The maximum Gasteiger partial charge on any atom is 0.323 e. The number of hydrogen-bond donors (Lipinski definition) is 1. The van der Waals surface area contributed by atoms with Crippen LogP contribution in [0.3, 0.4) is 0 Å². The SMILES string of the molecule is CCN1C=C2CCNC(=O)N2C1. The Morgan fingerprint density at radius 1 is 1.67 bits per heavy atom.